The van der Waals surface area contributed by atoms with Crippen LogP contribution < -0.4 is 0 Å². The molecule has 394 valence electrons. The molecular weight excluding hydrogens is 905 g/mol. The van der Waals surface area contributed by atoms with Crippen LogP contribution in [0.3, 0.4) is 0 Å². The molecular formula is C50H80O19. The smallest absolute Gasteiger partial charge is 0.302 e. The summed E-state index contributed by atoms with van der Waals surface area (Å²) < 4.78 is 49.5. The summed E-state index contributed by atoms with van der Waals surface area (Å²) in [6.45, 7) is 15.8. The van der Waals surface area contributed by atoms with Crippen molar-refractivity contribution in [1.82, 2.24) is 0 Å². The quantitative estimate of drug-likeness (QED) is 0.0793. The van der Waals surface area contributed by atoms with Crippen molar-refractivity contribution in [3.63, 3.8) is 0 Å². The van der Waals surface area contributed by atoms with Gasteiger partial charge in [-0.05, 0) is 86.4 Å². The zero-order chi connectivity index (χ0) is 50.2. The summed E-state index contributed by atoms with van der Waals surface area (Å²) in [5.74, 6) is -0.269. The number of allylic oxidation sites excluding steroid dienone is 1. The third-order valence-electron chi connectivity index (χ3n) is 20.3. The first kappa shape index (κ1) is 52.4. The number of carbonyl (C=O) groups excluding carboxylic acids is 1. The van der Waals surface area contributed by atoms with Gasteiger partial charge in [0.1, 0.15) is 67.1 Å². The van der Waals surface area contributed by atoms with Crippen molar-refractivity contribution in [1.29, 1.82) is 0 Å². The number of esters is 1. The second kappa shape index (κ2) is 18.1. The van der Waals surface area contributed by atoms with E-state index in [1.807, 2.05) is 0 Å². The predicted octanol–water partition coefficient (Wildman–Crippen LogP) is 0.172. The van der Waals surface area contributed by atoms with Crippen molar-refractivity contribution in [2.24, 2.45) is 50.2 Å². The zero-order valence-corrected chi connectivity index (χ0v) is 41.3. The highest BCUT2D eigenvalue weighted by molar-refractivity contribution is 5.66. The number of fused-ring (bicyclic) bond motifs is 4. The van der Waals surface area contributed by atoms with Gasteiger partial charge in [0, 0.05) is 29.1 Å². The molecule has 2 bridgehead atoms. The highest BCUT2D eigenvalue weighted by Gasteiger charge is 2.79. The molecule has 5 aliphatic carbocycles. The molecule has 69 heavy (non-hydrogen) atoms. The van der Waals surface area contributed by atoms with Crippen LogP contribution in [0.25, 0.3) is 0 Å². The van der Waals surface area contributed by atoms with Crippen LogP contribution >= 0.6 is 0 Å². The Morgan fingerprint density at radius 1 is 0.667 bits per heavy atom. The van der Waals surface area contributed by atoms with Gasteiger partial charge in [0.05, 0.1) is 50.3 Å². The average molecular weight is 985 g/mol. The molecule has 4 saturated heterocycles. The number of aliphatic hydroxyl groups excluding tert-OH is 10. The van der Waals surface area contributed by atoms with E-state index in [1.165, 1.54) is 6.92 Å². The van der Waals surface area contributed by atoms with Crippen LogP contribution in [0.15, 0.2) is 12.2 Å². The minimum atomic E-state index is -1.91. The SMILES string of the molecule is CC(=O)OCC1(C)C(OC2OC(C)C(O)C(OC3OC(CO)C(O)C(O)C3OC3OC(CO)C(O)C(O)C3O)C2O)CCC2(C)C1CCC1(C)C2C=CC23OCC4(CCC(C)(C)CC42)C(O)CC13C. The largest absolute Gasteiger partial charge is 0.465 e. The Hall–Kier alpha value is -1.47. The molecule has 10 N–H and O–H groups in total. The minimum Gasteiger partial charge on any atom is -0.465 e. The standard InChI is InChI=1S/C50H80O19/c1-23-32(55)39(68-43-40(36(59)34(57)26(20-52)66-43)69-41-37(60)35(58)33(56)25(19-51)65-41)38(61)42(64-23)67-31-11-12-45(5)27(46(31,6)21-62-24(2)53)9-13-47(7)28(45)10-14-50-29-17-44(3,4)15-16-49(29,22-63-50)30(54)18-48(47,50)8/h10,14,23,25-43,51-52,54-61H,9,11-13,15-22H2,1-8H3. The Morgan fingerprint density at radius 2 is 1.30 bits per heavy atom. The molecule has 8 fully saturated rings. The molecule has 4 aliphatic heterocycles. The third kappa shape index (κ3) is 7.79. The van der Waals surface area contributed by atoms with Crippen molar-refractivity contribution < 1.29 is 93.8 Å². The number of hydrogen-bond donors (Lipinski definition) is 10. The van der Waals surface area contributed by atoms with E-state index in [0.29, 0.717) is 25.9 Å². The van der Waals surface area contributed by atoms with E-state index in [0.717, 1.165) is 32.1 Å². The number of rotatable bonds is 10. The molecule has 0 aromatic carbocycles. The molecule has 0 radical (unpaired) electrons. The molecule has 4 heterocycles. The first-order chi connectivity index (χ1) is 32.3. The predicted molar refractivity (Wildman–Crippen MR) is 239 cm³/mol. The Balaban J connectivity index is 0.982. The molecule has 9 rings (SSSR count). The summed E-state index contributed by atoms with van der Waals surface area (Å²) in [5.41, 5.74) is -2.47. The fraction of sp³-hybridized carbons (Fsp3) is 0.940. The normalized spacial score (nSPS) is 56.6. The lowest BCUT2D eigenvalue weighted by Crippen LogP contribution is -2.72. The second-order valence-electron chi connectivity index (χ2n) is 24.4. The van der Waals surface area contributed by atoms with Gasteiger partial charge in [-0.2, -0.15) is 0 Å². The maximum Gasteiger partial charge on any atom is 0.302 e. The van der Waals surface area contributed by atoms with Gasteiger partial charge in [-0.3, -0.25) is 4.79 Å². The van der Waals surface area contributed by atoms with E-state index in [4.69, 9.17) is 37.9 Å². The first-order valence-electron chi connectivity index (χ1n) is 25.3. The Morgan fingerprint density at radius 3 is 1.97 bits per heavy atom. The molecule has 9 aliphatic rings. The van der Waals surface area contributed by atoms with Crippen molar-refractivity contribution in [3.05, 3.63) is 12.2 Å². The lowest BCUT2D eigenvalue weighted by Gasteiger charge is -2.73. The summed E-state index contributed by atoms with van der Waals surface area (Å²) >= 11 is 0. The van der Waals surface area contributed by atoms with Crippen LogP contribution in [0, 0.1) is 50.2 Å². The summed E-state index contributed by atoms with van der Waals surface area (Å²) in [4.78, 5) is 12.6. The van der Waals surface area contributed by atoms with E-state index in [-0.39, 0.29) is 51.4 Å². The summed E-state index contributed by atoms with van der Waals surface area (Å²) in [6, 6.07) is 0. The lowest BCUT2D eigenvalue weighted by atomic mass is 9.32. The van der Waals surface area contributed by atoms with Crippen LogP contribution in [0.4, 0.5) is 0 Å². The van der Waals surface area contributed by atoms with E-state index in [2.05, 4.69) is 53.7 Å². The van der Waals surface area contributed by atoms with Gasteiger partial charge in [-0.25, -0.2) is 0 Å². The van der Waals surface area contributed by atoms with Crippen LogP contribution in [-0.4, -0.2) is 193 Å². The topological polar surface area (TPSA) is 293 Å². The highest BCUT2D eigenvalue weighted by atomic mass is 16.8. The van der Waals surface area contributed by atoms with Gasteiger partial charge in [-0.1, -0.05) is 53.7 Å². The van der Waals surface area contributed by atoms with Gasteiger partial charge in [0.2, 0.25) is 0 Å². The highest BCUT2D eigenvalue weighted by Crippen LogP contribution is 2.79. The average Bonchev–Trinajstić information content (AvgIpc) is 3.57. The van der Waals surface area contributed by atoms with Crippen molar-refractivity contribution in [2.45, 2.75) is 217 Å². The van der Waals surface area contributed by atoms with Gasteiger partial charge in [-0.15, -0.1) is 0 Å². The van der Waals surface area contributed by atoms with E-state index in [9.17, 15) is 55.9 Å². The van der Waals surface area contributed by atoms with Gasteiger partial charge in [0.25, 0.3) is 0 Å². The van der Waals surface area contributed by atoms with Gasteiger partial charge < -0.3 is 89.0 Å². The number of carbonyl (C=O) groups is 1. The summed E-state index contributed by atoms with van der Waals surface area (Å²) in [6.07, 6.45) is -14.6. The van der Waals surface area contributed by atoms with Crippen LogP contribution in [0.2, 0.25) is 0 Å². The molecule has 4 saturated carbocycles. The Labute approximate surface area is 404 Å². The third-order valence-corrected chi connectivity index (χ3v) is 20.3. The van der Waals surface area contributed by atoms with Crippen molar-refractivity contribution in [2.75, 3.05) is 26.4 Å². The molecule has 0 aromatic heterocycles. The lowest BCUT2D eigenvalue weighted by molar-refractivity contribution is -0.391. The van der Waals surface area contributed by atoms with Crippen LogP contribution in [-0.2, 0) is 42.7 Å². The molecule has 1 spiro atoms. The molecule has 19 nitrogen and oxygen atoms in total. The minimum absolute atomic E-state index is 0.0136. The monoisotopic (exact) mass is 985 g/mol. The number of ether oxygens (including phenoxy) is 8. The molecule has 26 unspecified atom stereocenters. The van der Waals surface area contributed by atoms with E-state index < -0.39 is 135 Å². The molecule has 0 amide bonds. The Kier molecular flexibility index (Phi) is 13.8. The number of hydrogen-bond acceptors (Lipinski definition) is 19. The maximum atomic E-state index is 12.6. The Bertz CT molecular complexity index is 1920. The zero-order valence-electron chi connectivity index (χ0n) is 41.3. The summed E-state index contributed by atoms with van der Waals surface area (Å²) in [7, 11) is 0. The van der Waals surface area contributed by atoms with Crippen LogP contribution in [0.5, 0.6) is 0 Å². The van der Waals surface area contributed by atoms with E-state index >= 15 is 0 Å². The van der Waals surface area contributed by atoms with Gasteiger partial charge >= 0.3 is 5.97 Å². The molecule has 19 heteroatoms. The second-order valence-corrected chi connectivity index (χ2v) is 24.4. The van der Waals surface area contributed by atoms with Crippen LogP contribution in [0.1, 0.15) is 107 Å². The molecule has 0 aromatic rings. The van der Waals surface area contributed by atoms with Gasteiger partial charge in [0.15, 0.2) is 18.9 Å². The first-order valence-corrected chi connectivity index (χ1v) is 25.3. The van der Waals surface area contributed by atoms with Crippen molar-refractivity contribution in [3.8, 4) is 0 Å². The molecule has 26 atom stereocenters. The maximum absolute atomic E-state index is 12.6. The number of aliphatic hydroxyl groups is 10. The fourth-order valence-electron chi connectivity index (χ4n) is 16.0. The fourth-order valence-corrected chi connectivity index (χ4v) is 16.0. The van der Waals surface area contributed by atoms with Crippen molar-refractivity contribution >= 4 is 5.97 Å². The summed E-state index contributed by atoms with van der Waals surface area (Å²) in [5, 5.41) is 109. The van der Waals surface area contributed by atoms with E-state index in [1.54, 1.807) is 6.92 Å².